The molecule has 2 rings (SSSR count). The number of aryl methyl sites for hydroxylation is 1. The third-order valence-corrected chi connectivity index (χ3v) is 3.38. The molecule has 0 aliphatic carbocycles. The lowest BCUT2D eigenvalue weighted by Gasteiger charge is -2.11. The second-order valence-corrected chi connectivity index (χ2v) is 5.35. The van der Waals surface area contributed by atoms with E-state index in [1.807, 2.05) is 36.9 Å². The fourth-order valence-corrected chi connectivity index (χ4v) is 2.06. The minimum atomic E-state index is 0. The highest BCUT2D eigenvalue weighted by Crippen LogP contribution is 2.08. The standard InChI is InChI=1S/C17H26N6O.HI/c1-4-10-24-16-7-6-14(11-19-16)12-20-17(18-5-2)21-13-15-8-9-22-23(15)3;/h6-9,11H,4-5,10,12-13H2,1-3H3,(H2,18,20,21);1H. The average molecular weight is 458 g/mol. The van der Waals surface area contributed by atoms with Gasteiger partial charge in [-0.2, -0.15) is 5.10 Å². The van der Waals surface area contributed by atoms with Crippen molar-refractivity contribution in [3.63, 3.8) is 0 Å². The molecule has 0 bridgehead atoms. The van der Waals surface area contributed by atoms with Gasteiger partial charge in [0.1, 0.15) is 0 Å². The lowest BCUT2D eigenvalue weighted by atomic mass is 10.3. The second kappa shape index (κ2) is 11.7. The smallest absolute Gasteiger partial charge is 0.213 e. The van der Waals surface area contributed by atoms with Crippen LogP contribution in [0, 0.1) is 0 Å². The summed E-state index contributed by atoms with van der Waals surface area (Å²) >= 11 is 0. The van der Waals surface area contributed by atoms with E-state index in [2.05, 4.69) is 32.6 Å². The fraction of sp³-hybridized carbons (Fsp3) is 0.471. The second-order valence-electron chi connectivity index (χ2n) is 5.35. The fourth-order valence-electron chi connectivity index (χ4n) is 2.06. The molecule has 8 heteroatoms. The van der Waals surface area contributed by atoms with Crippen molar-refractivity contribution < 1.29 is 4.74 Å². The number of hydrogen-bond acceptors (Lipinski definition) is 4. The van der Waals surface area contributed by atoms with Gasteiger partial charge in [0.05, 0.1) is 25.4 Å². The number of pyridine rings is 1. The van der Waals surface area contributed by atoms with Gasteiger partial charge < -0.3 is 15.4 Å². The quantitative estimate of drug-likeness (QED) is 0.361. The van der Waals surface area contributed by atoms with E-state index in [1.165, 1.54) is 0 Å². The van der Waals surface area contributed by atoms with Gasteiger partial charge in [0.25, 0.3) is 0 Å². The maximum absolute atomic E-state index is 5.49. The first-order valence-electron chi connectivity index (χ1n) is 8.29. The van der Waals surface area contributed by atoms with Gasteiger partial charge in [0.2, 0.25) is 5.88 Å². The molecule has 0 unspecified atom stereocenters. The SMILES string of the molecule is CCCOc1ccc(CN=C(NCC)NCc2ccnn2C)cn1.I. The highest BCUT2D eigenvalue weighted by Gasteiger charge is 2.02. The first kappa shape index (κ1) is 21.2. The number of guanidine groups is 1. The first-order chi connectivity index (χ1) is 11.7. The molecule has 25 heavy (non-hydrogen) atoms. The molecule has 2 aromatic heterocycles. The zero-order chi connectivity index (χ0) is 17.2. The Morgan fingerprint density at radius 1 is 1.24 bits per heavy atom. The number of nitrogens with zero attached hydrogens (tertiary/aromatic N) is 4. The van der Waals surface area contributed by atoms with Gasteiger partial charge in [0, 0.05) is 32.1 Å². The summed E-state index contributed by atoms with van der Waals surface area (Å²) in [6, 6.07) is 5.86. The van der Waals surface area contributed by atoms with Crippen molar-refractivity contribution in [1.82, 2.24) is 25.4 Å². The Morgan fingerprint density at radius 3 is 2.68 bits per heavy atom. The Bertz CT molecular complexity index is 641. The van der Waals surface area contributed by atoms with E-state index < -0.39 is 0 Å². The minimum Gasteiger partial charge on any atom is -0.478 e. The van der Waals surface area contributed by atoms with Gasteiger partial charge in [-0.15, -0.1) is 24.0 Å². The summed E-state index contributed by atoms with van der Waals surface area (Å²) in [5, 5.41) is 10.7. The maximum atomic E-state index is 5.49. The third kappa shape index (κ3) is 7.29. The number of nitrogens with one attached hydrogen (secondary N) is 2. The van der Waals surface area contributed by atoms with Gasteiger partial charge in [-0.1, -0.05) is 13.0 Å². The van der Waals surface area contributed by atoms with Gasteiger partial charge in [-0.25, -0.2) is 9.98 Å². The van der Waals surface area contributed by atoms with Crippen molar-refractivity contribution in [2.24, 2.45) is 12.0 Å². The van der Waals surface area contributed by atoms with Crippen molar-refractivity contribution in [3.05, 3.63) is 41.9 Å². The largest absolute Gasteiger partial charge is 0.478 e. The van der Waals surface area contributed by atoms with E-state index in [1.54, 1.807) is 12.4 Å². The Hall–Kier alpha value is -1.84. The molecule has 138 valence electrons. The Morgan fingerprint density at radius 2 is 2.08 bits per heavy atom. The van der Waals surface area contributed by atoms with Crippen LogP contribution in [0.4, 0.5) is 0 Å². The molecule has 0 amide bonds. The van der Waals surface area contributed by atoms with Gasteiger partial charge in [0.15, 0.2) is 5.96 Å². The topological polar surface area (TPSA) is 76.4 Å². The van der Waals surface area contributed by atoms with Crippen LogP contribution in [0.5, 0.6) is 5.88 Å². The summed E-state index contributed by atoms with van der Waals surface area (Å²) < 4.78 is 7.33. The highest BCUT2D eigenvalue weighted by molar-refractivity contribution is 14.0. The third-order valence-electron chi connectivity index (χ3n) is 3.38. The summed E-state index contributed by atoms with van der Waals surface area (Å²) in [5.74, 6) is 1.43. The lowest BCUT2D eigenvalue weighted by molar-refractivity contribution is 0.305. The summed E-state index contributed by atoms with van der Waals surface area (Å²) in [7, 11) is 1.93. The van der Waals surface area contributed by atoms with Crippen molar-refractivity contribution in [2.45, 2.75) is 33.4 Å². The lowest BCUT2D eigenvalue weighted by Crippen LogP contribution is -2.37. The van der Waals surface area contributed by atoms with Crippen molar-refractivity contribution in [1.29, 1.82) is 0 Å². The number of hydrogen-bond donors (Lipinski definition) is 2. The first-order valence-corrected chi connectivity index (χ1v) is 8.29. The van der Waals surface area contributed by atoms with Crippen LogP contribution in [0.15, 0.2) is 35.6 Å². The monoisotopic (exact) mass is 458 g/mol. The van der Waals surface area contributed by atoms with Crippen molar-refractivity contribution in [3.8, 4) is 5.88 Å². The molecule has 0 saturated heterocycles. The molecule has 2 aromatic rings. The van der Waals surface area contributed by atoms with E-state index in [0.29, 0.717) is 25.6 Å². The van der Waals surface area contributed by atoms with E-state index in [0.717, 1.165) is 30.2 Å². The van der Waals surface area contributed by atoms with Crippen LogP contribution in [0.2, 0.25) is 0 Å². The molecule has 7 nitrogen and oxygen atoms in total. The molecule has 0 radical (unpaired) electrons. The van der Waals surface area contributed by atoms with Crippen LogP contribution in [-0.2, 0) is 20.1 Å². The molecule has 2 N–H and O–H groups in total. The molecule has 2 heterocycles. The average Bonchev–Trinajstić information content (AvgIpc) is 3.01. The number of rotatable bonds is 8. The molecule has 0 fully saturated rings. The number of ether oxygens (including phenoxy) is 1. The predicted octanol–water partition coefficient (Wildman–Crippen LogP) is 2.48. The minimum absolute atomic E-state index is 0. The van der Waals surface area contributed by atoms with Gasteiger partial charge in [-0.05, 0) is 25.0 Å². The van der Waals surface area contributed by atoms with Crippen LogP contribution in [0.25, 0.3) is 0 Å². The molecular formula is C17H27IN6O. The van der Waals surface area contributed by atoms with Crippen LogP contribution >= 0.6 is 24.0 Å². The van der Waals surface area contributed by atoms with Crippen LogP contribution in [0.1, 0.15) is 31.5 Å². The zero-order valence-electron chi connectivity index (χ0n) is 15.0. The van der Waals surface area contributed by atoms with Crippen LogP contribution < -0.4 is 15.4 Å². The zero-order valence-corrected chi connectivity index (χ0v) is 17.4. The Kier molecular flexibility index (Phi) is 9.90. The van der Waals surface area contributed by atoms with Crippen molar-refractivity contribution >= 4 is 29.9 Å². The van der Waals surface area contributed by atoms with E-state index in [9.17, 15) is 0 Å². The van der Waals surface area contributed by atoms with Gasteiger partial charge in [-0.3, -0.25) is 4.68 Å². The summed E-state index contributed by atoms with van der Waals surface area (Å²) in [4.78, 5) is 8.88. The number of aromatic nitrogens is 3. The van der Waals surface area contributed by atoms with E-state index >= 15 is 0 Å². The van der Waals surface area contributed by atoms with Crippen molar-refractivity contribution in [2.75, 3.05) is 13.2 Å². The molecular weight excluding hydrogens is 431 g/mol. The van der Waals surface area contributed by atoms with E-state index in [-0.39, 0.29) is 24.0 Å². The van der Waals surface area contributed by atoms with Gasteiger partial charge >= 0.3 is 0 Å². The molecule has 0 aromatic carbocycles. The summed E-state index contributed by atoms with van der Waals surface area (Å²) in [6.45, 7) is 6.84. The molecule has 0 atom stereocenters. The predicted molar refractivity (Wildman–Crippen MR) is 110 cm³/mol. The Labute approximate surface area is 166 Å². The summed E-state index contributed by atoms with van der Waals surface area (Å²) in [5.41, 5.74) is 2.14. The maximum Gasteiger partial charge on any atom is 0.213 e. The normalized spacial score (nSPS) is 10.9. The van der Waals surface area contributed by atoms with E-state index in [4.69, 9.17) is 4.74 Å². The molecule has 0 aliphatic heterocycles. The molecule has 0 saturated carbocycles. The molecule has 0 aliphatic rings. The highest BCUT2D eigenvalue weighted by atomic mass is 127. The van der Waals surface area contributed by atoms with Crippen LogP contribution in [-0.4, -0.2) is 33.9 Å². The number of aliphatic imine (C=N–C) groups is 1. The number of halogens is 1. The molecule has 0 spiro atoms. The Balaban J connectivity index is 0.00000312. The van der Waals surface area contributed by atoms with Crippen LogP contribution in [0.3, 0.4) is 0 Å². The summed E-state index contributed by atoms with van der Waals surface area (Å²) in [6.07, 6.45) is 4.57.